The summed E-state index contributed by atoms with van der Waals surface area (Å²) in [5.74, 6) is 0.449. The highest BCUT2D eigenvalue weighted by molar-refractivity contribution is 14.1. The van der Waals surface area contributed by atoms with Crippen LogP contribution in [-0.2, 0) is 16.0 Å². The Morgan fingerprint density at radius 3 is 2.34 bits per heavy atom. The zero-order valence-corrected chi connectivity index (χ0v) is 21.7. The van der Waals surface area contributed by atoms with E-state index in [0.717, 1.165) is 24.8 Å². The predicted molar refractivity (Wildman–Crippen MR) is 130 cm³/mol. The van der Waals surface area contributed by atoms with Crippen LogP contribution in [0.15, 0.2) is 12.1 Å². The summed E-state index contributed by atoms with van der Waals surface area (Å²) in [6.45, 7) is 7.52. The molecule has 0 spiro atoms. The molecule has 2 amide bonds. The number of alkyl carbamates (subject to hydrolysis) is 1. The molecule has 0 heterocycles. The minimum absolute atomic E-state index is 0.124. The fourth-order valence-corrected chi connectivity index (χ4v) is 5.34. The maximum Gasteiger partial charge on any atom is 0.408 e. The van der Waals surface area contributed by atoms with Gasteiger partial charge in [0.2, 0.25) is 5.91 Å². The van der Waals surface area contributed by atoms with Gasteiger partial charge in [0, 0.05) is 12.5 Å². The Bertz CT molecular complexity index is 726. The number of hydrogen-bond donors (Lipinski definition) is 3. The summed E-state index contributed by atoms with van der Waals surface area (Å²) >= 11 is 4.13. The van der Waals surface area contributed by atoms with Crippen LogP contribution in [0.5, 0.6) is 5.75 Å². The first-order valence-electron chi connectivity index (χ1n) is 9.93. The minimum atomic E-state index is -0.755. The van der Waals surface area contributed by atoms with Crippen LogP contribution in [-0.4, -0.2) is 34.8 Å². The molecule has 6 nitrogen and oxygen atoms in total. The van der Waals surface area contributed by atoms with Crippen molar-refractivity contribution in [2.24, 2.45) is 5.92 Å². The predicted octanol–water partition coefficient (Wildman–Crippen LogP) is 4.73. The van der Waals surface area contributed by atoms with Gasteiger partial charge in [-0.25, -0.2) is 4.79 Å². The van der Waals surface area contributed by atoms with Crippen molar-refractivity contribution in [2.45, 2.75) is 77.5 Å². The van der Waals surface area contributed by atoms with Gasteiger partial charge in [-0.3, -0.25) is 4.79 Å². The highest BCUT2D eigenvalue weighted by Crippen LogP contribution is 2.28. The number of phenolic OH excluding ortho intramolecular Hbond substituents is 1. The van der Waals surface area contributed by atoms with Crippen molar-refractivity contribution in [3.05, 3.63) is 24.8 Å². The number of phenols is 1. The number of nitrogens with one attached hydrogen (secondary N) is 2. The summed E-state index contributed by atoms with van der Waals surface area (Å²) in [5, 5.41) is 15.9. The molecule has 0 radical (unpaired) electrons. The Labute approximate surface area is 200 Å². The molecule has 8 heteroatoms. The molecule has 1 aromatic rings. The lowest BCUT2D eigenvalue weighted by Gasteiger charge is -2.31. The lowest BCUT2D eigenvalue weighted by Crippen LogP contribution is -2.53. The number of rotatable bonds is 5. The lowest BCUT2D eigenvalue weighted by atomic mass is 9.85. The first-order chi connectivity index (χ1) is 13.5. The fraction of sp³-hybridized carbons (Fsp3) is 0.619. The first-order valence-corrected chi connectivity index (χ1v) is 12.1. The van der Waals surface area contributed by atoms with Gasteiger partial charge < -0.3 is 20.5 Å². The molecule has 2 rings (SSSR count). The molecule has 1 aromatic carbocycles. The Kier molecular flexibility index (Phi) is 8.87. The van der Waals surface area contributed by atoms with Gasteiger partial charge in [-0.05, 0) is 102 Å². The van der Waals surface area contributed by atoms with Crippen molar-refractivity contribution in [3.63, 3.8) is 0 Å². The summed E-state index contributed by atoms with van der Waals surface area (Å²) in [6.07, 6.45) is 4.06. The van der Waals surface area contributed by atoms with E-state index in [2.05, 4.69) is 62.7 Å². The van der Waals surface area contributed by atoms with E-state index in [9.17, 15) is 14.7 Å². The third-order valence-corrected chi connectivity index (χ3v) is 6.61. The van der Waals surface area contributed by atoms with Crippen LogP contribution < -0.4 is 10.6 Å². The molecule has 162 valence electrons. The molecule has 0 unspecified atom stereocenters. The number of aromatic hydroxyl groups is 1. The molecule has 0 bridgehead atoms. The quantitative estimate of drug-likeness (QED) is 0.412. The van der Waals surface area contributed by atoms with Gasteiger partial charge in [0.1, 0.15) is 17.4 Å². The maximum atomic E-state index is 13.1. The van der Waals surface area contributed by atoms with Gasteiger partial charge in [0.15, 0.2) is 0 Å². The molecule has 0 aliphatic heterocycles. The smallest absolute Gasteiger partial charge is 0.408 e. The van der Waals surface area contributed by atoms with E-state index in [-0.39, 0.29) is 17.7 Å². The highest BCUT2D eigenvalue weighted by atomic mass is 127. The molecule has 0 saturated heterocycles. The Balaban J connectivity index is 2.17. The summed E-state index contributed by atoms with van der Waals surface area (Å²) in [5.41, 5.74) is 0.219. The summed E-state index contributed by atoms with van der Waals surface area (Å²) < 4.78 is 6.78. The number of benzene rings is 1. The van der Waals surface area contributed by atoms with E-state index in [1.54, 1.807) is 20.8 Å². The Morgan fingerprint density at radius 2 is 1.79 bits per heavy atom. The van der Waals surface area contributed by atoms with Gasteiger partial charge in [-0.2, -0.15) is 0 Å². The van der Waals surface area contributed by atoms with E-state index in [0.29, 0.717) is 19.5 Å². The molecule has 1 fully saturated rings. The van der Waals surface area contributed by atoms with Crippen molar-refractivity contribution in [3.8, 4) is 5.75 Å². The second-order valence-corrected chi connectivity index (χ2v) is 11.0. The van der Waals surface area contributed by atoms with Crippen molar-refractivity contribution in [2.75, 3.05) is 0 Å². The van der Waals surface area contributed by atoms with E-state index in [1.165, 1.54) is 6.42 Å². The summed E-state index contributed by atoms with van der Waals surface area (Å²) in [7, 11) is 0. The van der Waals surface area contributed by atoms with Crippen LogP contribution in [0.3, 0.4) is 0 Å². The SMILES string of the molecule is C[C@@H]1CCCC[C@H]1NC(=O)[C@H](Cc1cc(I)c(O)c(I)c1)NC(=O)OC(C)(C)C. The average Bonchev–Trinajstić information content (AvgIpc) is 2.59. The van der Waals surface area contributed by atoms with Gasteiger partial charge in [0.05, 0.1) is 7.14 Å². The van der Waals surface area contributed by atoms with Crippen LogP contribution in [0.1, 0.15) is 58.9 Å². The monoisotopic (exact) mass is 628 g/mol. The van der Waals surface area contributed by atoms with Gasteiger partial charge in [-0.1, -0.05) is 19.8 Å². The number of ether oxygens (including phenoxy) is 1. The molecule has 3 atom stereocenters. The Hall–Kier alpha value is -0.780. The second kappa shape index (κ2) is 10.5. The first kappa shape index (κ1) is 24.5. The van der Waals surface area contributed by atoms with E-state index < -0.39 is 17.7 Å². The van der Waals surface area contributed by atoms with E-state index >= 15 is 0 Å². The molecule has 0 aromatic heterocycles. The highest BCUT2D eigenvalue weighted by Gasteiger charge is 2.29. The van der Waals surface area contributed by atoms with Crippen LogP contribution >= 0.6 is 45.2 Å². The number of amides is 2. The maximum absolute atomic E-state index is 13.1. The van der Waals surface area contributed by atoms with Gasteiger partial charge in [-0.15, -0.1) is 0 Å². The number of carbonyl (C=O) groups excluding carboxylic acids is 2. The lowest BCUT2D eigenvalue weighted by molar-refractivity contribution is -0.124. The van der Waals surface area contributed by atoms with Crippen LogP contribution in [0.2, 0.25) is 0 Å². The van der Waals surface area contributed by atoms with Gasteiger partial charge >= 0.3 is 6.09 Å². The molecular formula is C21H30I2N2O4. The molecule has 1 saturated carbocycles. The van der Waals surface area contributed by atoms with E-state index in [4.69, 9.17) is 4.74 Å². The van der Waals surface area contributed by atoms with Crippen molar-refractivity contribution >= 4 is 57.2 Å². The van der Waals surface area contributed by atoms with Crippen molar-refractivity contribution < 1.29 is 19.4 Å². The molecule has 3 N–H and O–H groups in total. The van der Waals surface area contributed by atoms with Gasteiger partial charge in [0.25, 0.3) is 0 Å². The van der Waals surface area contributed by atoms with Crippen molar-refractivity contribution in [1.29, 1.82) is 0 Å². The summed E-state index contributed by atoms with van der Waals surface area (Å²) in [6, 6.07) is 3.03. The zero-order chi connectivity index (χ0) is 21.8. The third-order valence-electron chi connectivity index (χ3n) is 4.96. The fourth-order valence-electron chi connectivity index (χ4n) is 3.44. The second-order valence-electron chi connectivity index (χ2n) is 8.69. The van der Waals surface area contributed by atoms with E-state index in [1.807, 2.05) is 12.1 Å². The van der Waals surface area contributed by atoms with Crippen LogP contribution in [0.25, 0.3) is 0 Å². The largest absolute Gasteiger partial charge is 0.506 e. The third kappa shape index (κ3) is 7.76. The van der Waals surface area contributed by atoms with Crippen LogP contribution in [0.4, 0.5) is 4.79 Å². The number of halogens is 2. The topological polar surface area (TPSA) is 87.7 Å². The van der Waals surface area contributed by atoms with Crippen LogP contribution in [0, 0.1) is 13.1 Å². The normalized spacial score (nSPS) is 20.6. The van der Waals surface area contributed by atoms with Crippen molar-refractivity contribution in [1.82, 2.24) is 10.6 Å². The molecule has 1 aliphatic rings. The minimum Gasteiger partial charge on any atom is -0.506 e. The Morgan fingerprint density at radius 1 is 1.21 bits per heavy atom. The molecular weight excluding hydrogens is 598 g/mol. The summed E-state index contributed by atoms with van der Waals surface area (Å²) in [4.78, 5) is 25.4. The average molecular weight is 628 g/mol. The molecule has 29 heavy (non-hydrogen) atoms. The number of carbonyl (C=O) groups is 2. The number of hydrogen-bond acceptors (Lipinski definition) is 4. The zero-order valence-electron chi connectivity index (χ0n) is 17.4. The standard InChI is InChI=1S/C21H30I2N2O4/c1-12-7-5-6-8-16(12)24-19(27)17(25-20(28)29-21(2,3)4)11-13-9-14(22)18(26)15(23)10-13/h9-10,12,16-17,26H,5-8,11H2,1-4H3,(H,24,27)(H,25,28)/t12-,16-,17+/m1/s1. The molecule has 1 aliphatic carbocycles.